The van der Waals surface area contributed by atoms with Crippen molar-refractivity contribution >= 4 is 22.5 Å². The van der Waals surface area contributed by atoms with Gasteiger partial charge >= 0.3 is 6.61 Å². The molecule has 0 saturated carbocycles. The van der Waals surface area contributed by atoms with Gasteiger partial charge in [0.2, 0.25) is 5.88 Å². The SMILES string of the molecule is O=C(Nc1ccc(OC(F)F)nc1)c1n[nH]c2ccc(-c3cnn(C4CCNCC4)c3)cc12. The summed E-state index contributed by atoms with van der Waals surface area (Å²) in [5, 5.41) is 18.2. The van der Waals surface area contributed by atoms with Gasteiger partial charge in [-0.05, 0) is 49.7 Å². The number of pyridine rings is 1. The van der Waals surface area contributed by atoms with Crippen LogP contribution in [0.1, 0.15) is 29.4 Å². The number of carbonyl (C=O) groups is 1. The number of hydrogen-bond acceptors (Lipinski definition) is 6. The first-order chi connectivity index (χ1) is 16.1. The van der Waals surface area contributed by atoms with Crippen LogP contribution in [0.3, 0.4) is 0 Å². The Kier molecular flexibility index (Phi) is 5.69. The van der Waals surface area contributed by atoms with E-state index < -0.39 is 12.5 Å². The molecule has 3 N–H and O–H groups in total. The number of nitrogens with one attached hydrogen (secondary N) is 3. The highest BCUT2D eigenvalue weighted by molar-refractivity contribution is 6.11. The quantitative estimate of drug-likeness (QED) is 0.412. The van der Waals surface area contributed by atoms with Crippen molar-refractivity contribution in [1.82, 2.24) is 30.3 Å². The fourth-order valence-electron chi connectivity index (χ4n) is 3.93. The molecule has 0 bridgehead atoms. The monoisotopic (exact) mass is 453 g/mol. The third-order valence-corrected chi connectivity index (χ3v) is 5.60. The first-order valence-electron chi connectivity index (χ1n) is 10.5. The largest absolute Gasteiger partial charge is 0.417 e. The van der Waals surface area contributed by atoms with E-state index in [1.165, 1.54) is 18.3 Å². The summed E-state index contributed by atoms with van der Waals surface area (Å²) in [6.45, 7) is -0.998. The van der Waals surface area contributed by atoms with Crippen molar-refractivity contribution in [2.45, 2.75) is 25.5 Å². The summed E-state index contributed by atoms with van der Waals surface area (Å²) in [6, 6.07) is 8.78. The molecule has 3 aromatic heterocycles. The van der Waals surface area contributed by atoms with E-state index in [1.54, 1.807) is 0 Å². The van der Waals surface area contributed by atoms with Gasteiger partial charge in [0.05, 0.1) is 29.6 Å². The van der Waals surface area contributed by atoms with E-state index in [0.29, 0.717) is 22.6 Å². The van der Waals surface area contributed by atoms with Crippen LogP contribution in [-0.2, 0) is 0 Å². The molecule has 1 amide bonds. The predicted molar refractivity (Wildman–Crippen MR) is 117 cm³/mol. The lowest BCUT2D eigenvalue weighted by atomic mass is 10.1. The summed E-state index contributed by atoms with van der Waals surface area (Å²) in [7, 11) is 0. The molecule has 170 valence electrons. The van der Waals surface area contributed by atoms with Gasteiger partial charge in [0, 0.05) is 23.2 Å². The molecule has 0 radical (unpaired) electrons. The van der Waals surface area contributed by atoms with Crippen LogP contribution < -0.4 is 15.4 Å². The lowest BCUT2D eigenvalue weighted by molar-refractivity contribution is -0.0528. The van der Waals surface area contributed by atoms with Crippen LogP contribution in [0.15, 0.2) is 48.9 Å². The second kappa shape index (κ2) is 8.94. The predicted octanol–water partition coefficient (Wildman–Crippen LogP) is 3.60. The maximum absolute atomic E-state index is 12.8. The zero-order valence-electron chi connectivity index (χ0n) is 17.5. The van der Waals surface area contributed by atoms with Crippen LogP contribution >= 0.6 is 0 Å². The third-order valence-electron chi connectivity index (χ3n) is 5.60. The second-order valence-electron chi connectivity index (χ2n) is 7.74. The molecule has 4 heterocycles. The molecule has 0 spiro atoms. The molecule has 0 aliphatic carbocycles. The number of fused-ring (bicyclic) bond motifs is 1. The number of benzene rings is 1. The smallest absolute Gasteiger partial charge is 0.388 e. The highest BCUT2D eigenvalue weighted by Crippen LogP contribution is 2.27. The van der Waals surface area contributed by atoms with Crippen molar-refractivity contribution in [3.8, 4) is 17.0 Å². The maximum atomic E-state index is 12.8. The summed E-state index contributed by atoms with van der Waals surface area (Å²) in [5.74, 6) is -0.684. The lowest BCUT2D eigenvalue weighted by Gasteiger charge is -2.22. The molecule has 4 aromatic rings. The van der Waals surface area contributed by atoms with E-state index in [0.717, 1.165) is 37.1 Å². The molecule has 5 rings (SSSR count). The van der Waals surface area contributed by atoms with E-state index in [4.69, 9.17) is 0 Å². The zero-order valence-corrected chi connectivity index (χ0v) is 17.5. The number of alkyl halides is 2. The number of halogens is 2. The number of hydrogen-bond donors (Lipinski definition) is 3. The topological polar surface area (TPSA) is 110 Å². The fourth-order valence-corrected chi connectivity index (χ4v) is 3.93. The van der Waals surface area contributed by atoms with Crippen molar-refractivity contribution in [2.75, 3.05) is 18.4 Å². The van der Waals surface area contributed by atoms with Gasteiger partial charge in [-0.2, -0.15) is 19.0 Å². The Labute approximate surface area is 187 Å². The average Bonchev–Trinajstić information content (AvgIpc) is 3.48. The maximum Gasteiger partial charge on any atom is 0.388 e. The molecule has 1 aliphatic rings. The molecule has 1 aromatic carbocycles. The number of anilines is 1. The summed E-state index contributed by atoms with van der Waals surface area (Å²) in [4.78, 5) is 16.6. The minimum atomic E-state index is -2.96. The first kappa shape index (κ1) is 21.0. The summed E-state index contributed by atoms with van der Waals surface area (Å²) >= 11 is 0. The van der Waals surface area contributed by atoms with Crippen LogP contribution in [0.5, 0.6) is 5.88 Å². The van der Waals surface area contributed by atoms with Gasteiger partial charge in [-0.15, -0.1) is 0 Å². The normalized spacial score (nSPS) is 14.6. The minimum Gasteiger partial charge on any atom is -0.417 e. The Bertz CT molecular complexity index is 1260. The van der Waals surface area contributed by atoms with E-state index in [1.807, 2.05) is 35.3 Å². The van der Waals surface area contributed by atoms with E-state index in [-0.39, 0.29) is 11.6 Å². The molecular weight excluding hydrogens is 432 g/mol. The molecule has 1 aliphatic heterocycles. The Morgan fingerprint density at radius 1 is 1.15 bits per heavy atom. The Balaban J connectivity index is 1.36. The molecule has 33 heavy (non-hydrogen) atoms. The molecular formula is C22H21F2N7O2. The molecule has 9 nitrogen and oxygen atoms in total. The van der Waals surface area contributed by atoms with Gasteiger partial charge in [-0.25, -0.2) is 4.98 Å². The van der Waals surface area contributed by atoms with E-state index >= 15 is 0 Å². The second-order valence-corrected chi connectivity index (χ2v) is 7.74. The van der Waals surface area contributed by atoms with E-state index in [9.17, 15) is 13.6 Å². The molecule has 0 atom stereocenters. The number of nitrogens with zero attached hydrogens (tertiary/aromatic N) is 4. The summed E-state index contributed by atoms with van der Waals surface area (Å²) in [5.41, 5.74) is 3.14. The van der Waals surface area contributed by atoms with Gasteiger partial charge < -0.3 is 15.4 Å². The fraction of sp³-hybridized carbons (Fsp3) is 0.273. The van der Waals surface area contributed by atoms with Gasteiger partial charge in [0.25, 0.3) is 5.91 Å². The van der Waals surface area contributed by atoms with Crippen molar-refractivity contribution in [2.24, 2.45) is 0 Å². The van der Waals surface area contributed by atoms with Crippen LogP contribution in [0.4, 0.5) is 14.5 Å². The van der Waals surface area contributed by atoms with Crippen LogP contribution in [0.2, 0.25) is 0 Å². The lowest BCUT2D eigenvalue weighted by Crippen LogP contribution is -2.29. The summed E-state index contributed by atoms with van der Waals surface area (Å²) < 4.78 is 30.8. The highest BCUT2D eigenvalue weighted by atomic mass is 19.3. The van der Waals surface area contributed by atoms with Crippen LogP contribution in [0.25, 0.3) is 22.0 Å². The Morgan fingerprint density at radius 3 is 2.76 bits per heavy atom. The van der Waals surface area contributed by atoms with Gasteiger partial charge in [-0.3, -0.25) is 14.6 Å². The first-order valence-corrected chi connectivity index (χ1v) is 10.5. The number of carbonyl (C=O) groups excluding carboxylic acids is 1. The number of amides is 1. The average molecular weight is 453 g/mol. The number of aromatic nitrogens is 5. The van der Waals surface area contributed by atoms with Gasteiger partial charge in [0.1, 0.15) is 0 Å². The van der Waals surface area contributed by atoms with Crippen molar-refractivity contribution in [3.63, 3.8) is 0 Å². The van der Waals surface area contributed by atoms with Gasteiger partial charge in [-0.1, -0.05) is 6.07 Å². The van der Waals surface area contributed by atoms with Crippen molar-refractivity contribution in [3.05, 3.63) is 54.6 Å². The van der Waals surface area contributed by atoms with Crippen molar-refractivity contribution in [1.29, 1.82) is 0 Å². The van der Waals surface area contributed by atoms with Crippen molar-refractivity contribution < 1.29 is 18.3 Å². The Morgan fingerprint density at radius 2 is 2.00 bits per heavy atom. The van der Waals surface area contributed by atoms with E-state index in [2.05, 4.69) is 35.7 Å². The summed E-state index contributed by atoms with van der Waals surface area (Å²) in [6.07, 6.45) is 7.18. The van der Waals surface area contributed by atoms with Crippen LogP contribution in [0, 0.1) is 0 Å². The highest BCUT2D eigenvalue weighted by Gasteiger charge is 2.18. The molecule has 0 unspecified atom stereocenters. The Hall–Kier alpha value is -3.86. The minimum absolute atomic E-state index is 0.213. The number of aromatic amines is 1. The third kappa shape index (κ3) is 4.53. The standard InChI is InChI=1S/C22H21F2N7O2/c23-22(24)33-19-4-2-15(11-26-19)28-21(32)20-17-9-13(1-3-18(17)29-30-20)14-10-27-31(12-14)16-5-7-25-8-6-16/h1-4,9-12,16,22,25H,5-8H2,(H,28,32)(H,29,30). The zero-order chi connectivity index (χ0) is 22.8. The number of rotatable bonds is 6. The number of ether oxygens (including phenoxy) is 1. The molecule has 1 saturated heterocycles. The van der Waals surface area contributed by atoms with Gasteiger partial charge in [0.15, 0.2) is 5.69 Å². The number of piperidine rings is 1. The molecule has 1 fully saturated rings. The molecule has 11 heteroatoms. The van der Waals surface area contributed by atoms with Crippen LogP contribution in [-0.4, -0.2) is 50.6 Å². The number of H-pyrrole nitrogens is 1.